The van der Waals surface area contributed by atoms with E-state index in [0.717, 1.165) is 17.1 Å². The Morgan fingerprint density at radius 3 is 2.48 bits per heavy atom. The van der Waals surface area contributed by atoms with E-state index in [4.69, 9.17) is 0 Å². The Hall–Kier alpha value is -2.10. The summed E-state index contributed by atoms with van der Waals surface area (Å²) < 4.78 is 1.91. The first-order valence-corrected chi connectivity index (χ1v) is 7.26. The third kappa shape index (κ3) is 3.72. The normalized spacial score (nSPS) is 12.2. The minimum absolute atomic E-state index is 0.0123. The monoisotopic (exact) mass is 285 g/mol. The molecule has 4 nitrogen and oxygen atoms in total. The summed E-state index contributed by atoms with van der Waals surface area (Å²) >= 11 is 0. The molecule has 2 rings (SSSR count). The predicted molar refractivity (Wildman–Crippen MR) is 85.6 cm³/mol. The smallest absolute Gasteiger partial charge is 0.226 e. The number of rotatable bonds is 4. The van der Waals surface area contributed by atoms with Crippen molar-refractivity contribution in [2.24, 2.45) is 0 Å². The van der Waals surface area contributed by atoms with Gasteiger partial charge in [-0.2, -0.15) is 5.10 Å². The Labute approximate surface area is 126 Å². The highest BCUT2D eigenvalue weighted by Gasteiger charge is 2.14. The Kier molecular flexibility index (Phi) is 4.46. The number of hydrogen-bond donors (Lipinski definition) is 1. The van der Waals surface area contributed by atoms with E-state index < -0.39 is 0 Å². The third-order valence-corrected chi connectivity index (χ3v) is 3.73. The van der Waals surface area contributed by atoms with Gasteiger partial charge >= 0.3 is 0 Å². The van der Waals surface area contributed by atoms with E-state index in [1.807, 2.05) is 56.6 Å². The summed E-state index contributed by atoms with van der Waals surface area (Å²) in [6, 6.07) is 8.04. The second kappa shape index (κ2) is 6.12. The molecular weight excluding hydrogens is 262 g/mol. The van der Waals surface area contributed by atoms with Crippen molar-refractivity contribution in [2.75, 3.05) is 5.32 Å². The molecule has 21 heavy (non-hydrogen) atoms. The number of carbonyl (C=O) groups excluding carboxylic acids is 1. The molecular formula is C17H23N3O. The van der Waals surface area contributed by atoms with Gasteiger partial charge in [-0.1, -0.05) is 6.07 Å². The van der Waals surface area contributed by atoms with E-state index in [2.05, 4.69) is 17.3 Å². The van der Waals surface area contributed by atoms with Crippen LogP contribution in [0, 0.1) is 27.7 Å². The maximum atomic E-state index is 12.2. The van der Waals surface area contributed by atoms with Crippen molar-refractivity contribution < 1.29 is 4.79 Å². The number of hydrogen-bond acceptors (Lipinski definition) is 2. The summed E-state index contributed by atoms with van der Waals surface area (Å²) in [4.78, 5) is 12.2. The van der Waals surface area contributed by atoms with E-state index in [1.54, 1.807) is 0 Å². The van der Waals surface area contributed by atoms with Gasteiger partial charge in [0.25, 0.3) is 0 Å². The number of benzene rings is 1. The summed E-state index contributed by atoms with van der Waals surface area (Å²) in [5.74, 6) is 0.0123. The third-order valence-electron chi connectivity index (χ3n) is 3.73. The Bertz CT molecular complexity index is 658. The molecule has 2 aromatic rings. The number of aryl methyl sites for hydroxylation is 4. The number of anilines is 1. The van der Waals surface area contributed by atoms with Gasteiger partial charge < -0.3 is 5.32 Å². The lowest BCUT2D eigenvalue weighted by molar-refractivity contribution is -0.116. The molecule has 0 aliphatic carbocycles. The van der Waals surface area contributed by atoms with Crippen molar-refractivity contribution in [1.82, 2.24) is 9.78 Å². The highest BCUT2D eigenvalue weighted by Crippen LogP contribution is 2.17. The van der Waals surface area contributed by atoms with Crippen LogP contribution in [-0.4, -0.2) is 15.7 Å². The molecule has 0 aliphatic rings. The molecule has 1 aromatic carbocycles. The number of nitrogens with zero attached hydrogens (tertiary/aromatic N) is 2. The van der Waals surface area contributed by atoms with Gasteiger partial charge in [0.15, 0.2) is 0 Å². The molecule has 0 spiro atoms. The molecule has 0 aliphatic heterocycles. The van der Waals surface area contributed by atoms with Crippen LogP contribution >= 0.6 is 0 Å². The summed E-state index contributed by atoms with van der Waals surface area (Å²) in [6.45, 7) is 10.1. The Morgan fingerprint density at radius 1 is 1.19 bits per heavy atom. The number of aromatic nitrogens is 2. The first-order chi connectivity index (χ1) is 9.86. The fourth-order valence-electron chi connectivity index (χ4n) is 2.48. The first-order valence-electron chi connectivity index (χ1n) is 7.26. The fraction of sp³-hybridized carbons (Fsp3) is 0.412. The average Bonchev–Trinajstić information content (AvgIpc) is 2.73. The standard InChI is InChI=1S/C17H23N3O/c1-11-6-7-16(8-12(11)2)18-17(21)10-15(5)20-14(4)9-13(3)19-20/h6-9,15H,10H2,1-5H3,(H,18,21). The van der Waals surface area contributed by atoms with Crippen LogP contribution in [0.5, 0.6) is 0 Å². The van der Waals surface area contributed by atoms with Crippen LogP contribution in [0.25, 0.3) is 0 Å². The SMILES string of the molecule is Cc1cc(C)n(C(C)CC(=O)Nc2ccc(C)c(C)c2)n1. The molecule has 1 aromatic heterocycles. The first kappa shape index (κ1) is 15.3. The zero-order valence-corrected chi connectivity index (χ0v) is 13.4. The minimum Gasteiger partial charge on any atom is -0.326 e. The van der Waals surface area contributed by atoms with Gasteiger partial charge in [-0.25, -0.2) is 0 Å². The molecule has 0 saturated carbocycles. The van der Waals surface area contributed by atoms with Crippen LogP contribution in [-0.2, 0) is 4.79 Å². The largest absolute Gasteiger partial charge is 0.326 e. The Morgan fingerprint density at radius 2 is 1.90 bits per heavy atom. The summed E-state index contributed by atoms with van der Waals surface area (Å²) in [5.41, 5.74) is 5.32. The number of amides is 1. The fourth-order valence-corrected chi connectivity index (χ4v) is 2.48. The predicted octanol–water partition coefficient (Wildman–Crippen LogP) is 3.71. The molecule has 1 amide bonds. The van der Waals surface area contributed by atoms with E-state index in [1.165, 1.54) is 11.1 Å². The maximum Gasteiger partial charge on any atom is 0.226 e. The summed E-state index contributed by atoms with van der Waals surface area (Å²) in [6.07, 6.45) is 0.412. The van der Waals surface area contributed by atoms with Gasteiger partial charge in [-0.3, -0.25) is 9.48 Å². The van der Waals surface area contributed by atoms with Crippen molar-refractivity contribution in [3.63, 3.8) is 0 Å². The molecule has 1 atom stereocenters. The molecule has 4 heteroatoms. The summed E-state index contributed by atoms with van der Waals surface area (Å²) in [5, 5.41) is 7.39. The quantitative estimate of drug-likeness (QED) is 0.931. The zero-order valence-electron chi connectivity index (χ0n) is 13.4. The van der Waals surface area contributed by atoms with Gasteiger partial charge in [0.1, 0.15) is 0 Å². The van der Waals surface area contributed by atoms with Crippen LogP contribution < -0.4 is 5.32 Å². The van der Waals surface area contributed by atoms with Gasteiger partial charge in [0, 0.05) is 17.8 Å². The molecule has 0 bridgehead atoms. The second-order valence-corrected chi connectivity index (χ2v) is 5.77. The molecule has 0 saturated heterocycles. The lowest BCUT2D eigenvalue weighted by atomic mass is 10.1. The lowest BCUT2D eigenvalue weighted by Gasteiger charge is -2.14. The zero-order chi connectivity index (χ0) is 15.6. The summed E-state index contributed by atoms with van der Waals surface area (Å²) in [7, 11) is 0. The van der Waals surface area contributed by atoms with Crippen LogP contribution in [0.2, 0.25) is 0 Å². The van der Waals surface area contributed by atoms with E-state index >= 15 is 0 Å². The molecule has 1 heterocycles. The second-order valence-electron chi connectivity index (χ2n) is 5.77. The minimum atomic E-state index is 0.0123. The highest BCUT2D eigenvalue weighted by molar-refractivity contribution is 5.91. The Balaban J connectivity index is 2.01. The van der Waals surface area contributed by atoms with Crippen molar-refractivity contribution in [1.29, 1.82) is 0 Å². The molecule has 1 N–H and O–H groups in total. The van der Waals surface area contributed by atoms with Gasteiger partial charge in [-0.05, 0) is 63.9 Å². The van der Waals surface area contributed by atoms with Crippen LogP contribution in [0.4, 0.5) is 5.69 Å². The van der Waals surface area contributed by atoms with Crippen molar-refractivity contribution >= 4 is 11.6 Å². The highest BCUT2D eigenvalue weighted by atomic mass is 16.1. The molecule has 0 radical (unpaired) electrons. The molecule has 1 unspecified atom stereocenters. The molecule has 0 fully saturated rings. The van der Waals surface area contributed by atoms with Gasteiger partial charge in [-0.15, -0.1) is 0 Å². The van der Waals surface area contributed by atoms with Crippen molar-refractivity contribution in [2.45, 2.75) is 47.1 Å². The van der Waals surface area contributed by atoms with E-state index in [0.29, 0.717) is 6.42 Å². The topological polar surface area (TPSA) is 46.9 Å². The number of carbonyl (C=O) groups is 1. The van der Waals surface area contributed by atoms with E-state index in [9.17, 15) is 4.79 Å². The lowest BCUT2D eigenvalue weighted by Crippen LogP contribution is -2.19. The van der Waals surface area contributed by atoms with Gasteiger partial charge in [0.05, 0.1) is 11.7 Å². The van der Waals surface area contributed by atoms with E-state index in [-0.39, 0.29) is 11.9 Å². The van der Waals surface area contributed by atoms with Crippen molar-refractivity contribution in [3.05, 3.63) is 46.8 Å². The van der Waals surface area contributed by atoms with Crippen molar-refractivity contribution in [3.8, 4) is 0 Å². The maximum absolute atomic E-state index is 12.2. The van der Waals surface area contributed by atoms with Gasteiger partial charge in [0.2, 0.25) is 5.91 Å². The average molecular weight is 285 g/mol. The van der Waals surface area contributed by atoms with Crippen LogP contribution in [0.15, 0.2) is 24.3 Å². The molecule has 112 valence electrons. The number of nitrogens with one attached hydrogen (secondary N) is 1. The van der Waals surface area contributed by atoms with Crippen LogP contribution in [0.3, 0.4) is 0 Å². The van der Waals surface area contributed by atoms with Crippen LogP contribution in [0.1, 0.15) is 41.9 Å².